The number of hydrogen-bond acceptors (Lipinski definition) is 3. The summed E-state index contributed by atoms with van der Waals surface area (Å²) in [6, 6.07) is 3.90. The summed E-state index contributed by atoms with van der Waals surface area (Å²) in [4.78, 5) is 4.28. The van der Waals surface area contributed by atoms with E-state index < -0.39 is 0 Å². The smallest absolute Gasteiger partial charge is 0.122 e. The molecule has 0 amide bonds. The number of nitrogens with zero attached hydrogens (tertiary/aromatic N) is 1. The Morgan fingerprint density at radius 2 is 2.20 bits per heavy atom. The lowest BCUT2D eigenvalue weighted by Gasteiger charge is -2.06. The van der Waals surface area contributed by atoms with Gasteiger partial charge >= 0.3 is 0 Å². The molecule has 1 N–H and O–H groups in total. The van der Waals surface area contributed by atoms with Crippen LogP contribution >= 0.6 is 0 Å². The van der Waals surface area contributed by atoms with Gasteiger partial charge in [0, 0.05) is 18.8 Å². The quantitative estimate of drug-likeness (QED) is 0.698. The third-order valence-corrected chi connectivity index (χ3v) is 1.99. The Bertz CT molecular complexity index is 276. The third kappa shape index (κ3) is 4.79. The average Bonchev–Trinajstić information content (AvgIpc) is 2.27. The molecule has 0 radical (unpaired) electrons. The van der Waals surface area contributed by atoms with Crippen LogP contribution < -0.4 is 10.1 Å². The van der Waals surface area contributed by atoms with Crippen molar-refractivity contribution < 1.29 is 4.74 Å². The van der Waals surface area contributed by atoms with Crippen molar-refractivity contribution in [2.24, 2.45) is 0 Å². The van der Waals surface area contributed by atoms with Gasteiger partial charge < -0.3 is 10.1 Å². The van der Waals surface area contributed by atoms with Crippen LogP contribution in [0.2, 0.25) is 0 Å². The molecule has 0 aliphatic carbocycles. The van der Waals surface area contributed by atoms with Crippen molar-refractivity contribution in [3.63, 3.8) is 0 Å². The van der Waals surface area contributed by atoms with Gasteiger partial charge in [0.15, 0.2) is 0 Å². The van der Waals surface area contributed by atoms with Crippen LogP contribution in [0.25, 0.3) is 0 Å². The van der Waals surface area contributed by atoms with Crippen LogP contribution in [0.15, 0.2) is 18.3 Å². The van der Waals surface area contributed by atoms with Gasteiger partial charge in [-0.2, -0.15) is 0 Å². The number of ether oxygens (including phenoxy) is 1. The van der Waals surface area contributed by atoms with Gasteiger partial charge in [0.1, 0.15) is 5.75 Å². The van der Waals surface area contributed by atoms with Gasteiger partial charge in [-0.1, -0.05) is 13.8 Å². The van der Waals surface area contributed by atoms with E-state index in [1.807, 2.05) is 12.1 Å². The van der Waals surface area contributed by atoms with Crippen molar-refractivity contribution in [1.29, 1.82) is 0 Å². The topological polar surface area (TPSA) is 34.1 Å². The Morgan fingerprint density at radius 1 is 1.33 bits per heavy atom. The summed E-state index contributed by atoms with van der Waals surface area (Å²) >= 11 is 0. The Kier molecular flexibility index (Phi) is 5.78. The monoisotopic (exact) mass is 208 g/mol. The maximum Gasteiger partial charge on any atom is 0.122 e. The van der Waals surface area contributed by atoms with E-state index in [1.54, 1.807) is 6.20 Å². The molecule has 15 heavy (non-hydrogen) atoms. The molecule has 0 fully saturated rings. The minimum Gasteiger partial charge on any atom is -0.493 e. The Labute approximate surface area is 91.9 Å². The summed E-state index contributed by atoms with van der Waals surface area (Å²) in [5, 5.41) is 3.32. The largest absolute Gasteiger partial charge is 0.493 e. The van der Waals surface area contributed by atoms with Crippen molar-refractivity contribution in [3.8, 4) is 5.75 Å². The zero-order chi connectivity index (χ0) is 10.9. The number of rotatable bonds is 7. The highest BCUT2D eigenvalue weighted by Gasteiger charge is 1.97. The van der Waals surface area contributed by atoms with Crippen LogP contribution in [0.3, 0.4) is 0 Å². The zero-order valence-corrected chi connectivity index (χ0v) is 9.62. The molecule has 0 aliphatic heterocycles. The van der Waals surface area contributed by atoms with Crippen LogP contribution in [-0.4, -0.2) is 18.1 Å². The summed E-state index contributed by atoms with van der Waals surface area (Å²) in [6.45, 7) is 6.87. The van der Waals surface area contributed by atoms with E-state index in [4.69, 9.17) is 4.74 Å². The van der Waals surface area contributed by atoms with E-state index in [-0.39, 0.29) is 0 Å². The number of hydrogen-bond donors (Lipinski definition) is 1. The molecule has 0 unspecified atom stereocenters. The van der Waals surface area contributed by atoms with Crippen molar-refractivity contribution in [2.75, 3.05) is 13.2 Å². The van der Waals surface area contributed by atoms with Crippen LogP contribution in [0.4, 0.5) is 0 Å². The molecule has 0 bridgehead atoms. The summed E-state index contributed by atoms with van der Waals surface area (Å²) in [5.74, 6) is 0.917. The lowest BCUT2D eigenvalue weighted by Crippen LogP contribution is -2.14. The first-order valence-corrected chi connectivity index (χ1v) is 5.65. The second kappa shape index (κ2) is 7.23. The first-order chi connectivity index (χ1) is 7.36. The number of nitrogens with one attached hydrogen (secondary N) is 1. The Morgan fingerprint density at radius 3 is 2.93 bits per heavy atom. The minimum absolute atomic E-state index is 0.770. The summed E-state index contributed by atoms with van der Waals surface area (Å²) in [6.07, 6.45) is 3.98. The van der Waals surface area contributed by atoms with Gasteiger partial charge in [-0.3, -0.25) is 4.98 Å². The minimum atomic E-state index is 0.770. The summed E-state index contributed by atoms with van der Waals surface area (Å²) < 4.78 is 5.53. The SMILES string of the molecule is CCCNCc1cc(OCCC)ccn1. The molecule has 0 atom stereocenters. The maximum atomic E-state index is 5.53. The van der Waals surface area contributed by atoms with Crippen LogP contribution in [0.1, 0.15) is 32.4 Å². The fourth-order valence-electron chi connectivity index (χ4n) is 1.26. The van der Waals surface area contributed by atoms with Crippen molar-refractivity contribution in [3.05, 3.63) is 24.0 Å². The van der Waals surface area contributed by atoms with Gasteiger partial charge in [-0.15, -0.1) is 0 Å². The standard InChI is InChI=1S/C12H20N2O/c1-3-6-13-10-11-9-12(5-7-14-11)15-8-4-2/h5,7,9,13H,3-4,6,8,10H2,1-2H3. The van der Waals surface area contributed by atoms with Crippen molar-refractivity contribution in [2.45, 2.75) is 33.2 Å². The van der Waals surface area contributed by atoms with Crippen LogP contribution in [0, 0.1) is 0 Å². The van der Waals surface area contributed by atoms with Crippen molar-refractivity contribution >= 4 is 0 Å². The average molecular weight is 208 g/mol. The Hall–Kier alpha value is -1.09. The first-order valence-electron chi connectivity index (χ1n) is 5.65. The highest BCUT2D eigenvalue weighted by atomic mass is 16.5. The Balaban J connectivity index is 2.42. The molecular formula is C12H20N2O. The predicted molar refractivity (Wildman–Crippen MR) is 62.0 cm³/mol. The van der Waals surface area contributed by atoms with Crippen LogP contribution in [-0.2, 0) is 6.54 Å². The normalized spacial score (nSPS) is 10.3. The van der Waals surface area contributed by atoms with E-state index >= 15 is 0 Å². The second-order valence-corrected chi connectivity index (χ2v) is 3.51. The summed E-state index contributed by atoms with van der Waals surface area (Å²) in [7, 11) is 0. The van der Waals surface area contributed by atoms with E-state index in [1.165, 1.54) is 0 Å². The van der Waals surface area contributed by atoms with Gasteiger partial charge in [0.05, 0.1) is 12.3 Å². The molecule has 0 aromatic carbocycles. The highest BCUT2D eigenvalue weighted by Crippen LogP contribution is 2.10. The first kappa shape index (κ1) is 12.0. The molecule has 0 spiro atoms. The number of aromatic nitrogens is 1. The number of pyridine rings is 1. The molecule has 1 aromatic heterocycles. The molecule has 0 saturated heterocycles. The lowest BCUT2D eigenvalue weighted by atomic mass is 10.3. The zero-order valence-electron chi connectivity index (χ0n) is 9.62. The van der Waals surface area contributed by atoms with Crippen molar-refractivity contribution in [1.82, 2.24) is 10.3 Å². The predicted octanol–water partition coefficient (Wildman–Crippen LogP) is 2.37. The lowest BCUT2D eigenvalue weighted by molar-refractivity contribution is 0.316. The summed E-state index contributed by atoms with van der Waals surface area (Å²) in [5.41, 5.74) is 1.04. The fraction of sp³-hybridized carbons (Fsp3) is 0.583. The fourth-order valence-corrected chi connectivity index (χ4v) is 1.26. The van der Waals surface area contributed by atoms with Gasteiger partial charge in [0.25, 0.3) is 0 Å². The molecule has 0 saturated carbocycles. The molecule has 84 valence electrons. The molecule has 3 heteroatoms. The molecule has 1 heterocycles. The third-order valence-electron chi connectivity index (χ3n) is 1.99. The van der Waals surface area contributed by atoms with E-state index in [0.29, 0.717) is 0 Å². The second-order valence-electron chi connectivity index (χ2n) is 3.51. The highest BCUT2D eigenvalue weighted by molar-refractivity contribution is 5.22. The van der Waals surface area contributed by atoms with Crippen LogP contribution in [0.5, 0.6) is 5.75 Å². The molecule has 0 aliphatic rings. The van der Waals surface area contributed by atoms with Gasteiger partial charge in [0.2, 0.25) is 0 Å². The van der Waals surface area contributed by atoms with Gasteiger partial charge in [-0.05, 0) is 25.5 Å². The van der Waals surface area contributed by atoms with E-state index in [2.05, 4.69) is 24.1 Å². The van der Waals surface area contributed by atoms with E-state index in [9.17, 15) is 0 Å². The maximum absolute atomic E-state index is 5.53. The van der Waals surface area contributed by atoms with Gasteiger partial charge in [-0.25, -0.2) is 0 Å². The molecular weight excluding hydrogens is 188 g/mol. The molecule has 3 nitrogen and oxygen atoms in total. The molecule has 1 rings (SSSR count). The molecule has 1 aromatic rings. The van der Waals surface area contributed by atoms with E-state index in [0.717, 1.165) is 44.0 Å².